The third kappa shape index (κ3) is 4.81. The van der Waals surface area contributed by atoms with Crippen LogP contribution in [0.2, 0.25) is 0 Å². The van der Waals surface area contributed by atoms with Crippen LogP contribution in [0.1, 0.15) is 23.8 Å². The molecule has 1 heterocycles. The van der Waals surface area contributed by atoms with Crippen LogP contribution < -0.4 is 5.32 Å². The quantitative estimate of drug-likeness (QED) is 0.730. The van der Waals surface area contributed by atoms with Gasteiger partial charge in [0.15, 0.2) is 5.69 Å². The van der Waals surface area contributed by atoms with Crippen LogP contribution >= 0.6 is 11.8 Å². The van der Waals surface area contributed by atoms with E-state index in [4.69, 9.17) is 5.11 Å². The predicted octanol–water partition coefficient (Wildman–Crippen LogP) is 0.793. The second-order valence-corrected chi connectivity index (χ2v) is 4.22. The van der Waals surface area contributed by atoms with E-state index < -0.39 is 5.97 Å². The highest BCUT2D eigenvalue weighted by Crippen LogP contribution is 2.14. The van der Waals surface area contributed by atoms with E-state index in [2.05, 4.69) is 15.5 Å². The number of carboxylic acid groups (broad SMARTS) is 1. The van der Waals surface area contributed by atoms with Crippen molar-refractivity contribution in [3.05, 3.63) is 17.8 Å². The number of aromatic nitrogens is 2. The number of thioether (sulfide) groups is 1. The highest BCUT2D eigenvalue weighted by molar-refractivity contribution is 7.99. The Morgan fingerprint density at radius 2 is 2.18 bits per heavy atom. The highest BCUT2D eigenvalue weighted by atomic mass is 32.2. The predicted molar refractivity (Wildman–Crippen MR) is 63.0 cm³/mol. The molecule has 1 aromatic rings. The SMILES string of the molecule is CCNC(=O)c1ccc(SCCC(=O)O)nn1. The molecule has 7 heteroatoms. The minimum absolute atomic E-state index is 0.0738. The van der Waals surface area contributed by atoms with E-state index in [9.17, 15) is 9.59 Å². The Labute approximate surface area is 103 Å². The molecule has 0 aromatic carbocycles. The minimum atomic E-state index is -0.843. The van der Waals surface area contributed by atoms with E-state index in [1.807, 2.05) is 6.92 Å². The van der Waals surface area contributed by atoms with Crippen molar-refractivity contribution in [3.63, 3.8) is 0 Å². The fraction of sp³-hybridized carbons (Fsp3) is 0.400. The molecule has 0 aliphatic rings. The molecule has 0 aliphatic carbocycles. The normalized spacial score (nSPS) is 9.94. The van der Waals surface area contributed by atoms with Crippen LogP contribution in [0.5, 0.6) is 0 Å². The summed E-state index contributed by atoms with van der Waals surface area (Å²) >= 11 is 1.30. The minimum Gasteiger partial charge on any atom is -0.481 e. The van der Waals surface area contributed by atoms with Gasteiger partial charge >= 0.3 is 5.97 Å². The van der Waals surface area contributed by atoms with Gasteiger partial charge in [-0.3, -0.25) is 9.59 Å². The molecule has 92 valence electrons. The molecule has 2 N–H and O–H groups in total. The van der Waals surface area contributed by atoms with E-state index in [-0.39, 0.29) is 18.0 Å². The van der Waals surface area contributed by atoms with Crippen LogP contribution in [-0.2, 0) is 4.79 Å². The summed E-state index contributed by atoms with van der Waals surface area (Å²) in [6.07, 6.45) is 0.0738. The number of aliphatic carboxylic acids is 1. The molecule has 1 rings (SSSR count). The number of nitrogens with one attached hydrogen (secondary N) is 1. The average molecular weight is 255 g/mol. The zero-order valence-electron chi connectivity index (χ0n) is 9.34. The molecule has 0 saturated carbocycles. The second-order valence-electron chi connectivity index (χ2n) is 3.11. The summed E-state index contributed by atoms with van der Waals surface area (Å²) in [6.45, 7) is 2.36. The second kappa shape index (κ2) is 6.85. The van der Waals surface area contributed by atoms with Crippen molar-refractivity contribution in [3.8, 4) is 0 Å². The van der Waals surface area contributed by atoms with Crippen molar-refractivity contribution < 1.29 is 14.7 Å². The fourth-order valence-corrected chi connectivity index (χ4v) is 1.76. The Morgan fingerprint density at radius 1 is 1.41 bits per heavy atom. The number of carbonyl (C=O) groups is 2. The van der Waals surface area contributed by atoms with Crippen molar-refractivity contribution in [2.75, 3.05) is 12.3 Å². The maximum absolute atomic E-state index is 11.4. The van der Waals surface area contributed by atoms with Gasteiger partial charge in [-0.2, -0.15) is 0 Å². The summed E-state index contributed by atoms with van der Waals surface area (Å²) in [5.74, 6) is -0.670. The van der Waals surface area contributed by atoms with Gasteiger partial charge in [-0.15, -0.1) is 22.0 Å². The molecule has 0 aliphatic heterocycles. The summed E-state index contributed by atoms with van der Waals surface area (Å²) in [4.78, 5) is 21.7. The van der Waals surface area contributed by atoms with Crippen LogP contribution in [0.4, 0.5) is 0 Å². The lowest BCUT2D eigenvalue weighted by Crippen LogP contribution is -2.23. The average Bonchev–Trinajstić information content (AvgIpc) is 2.30. The zero-order chi connectivity index (χ0) is 12.7. The van der Waals surface area contributed by atoms with Gasteiger partial charge in [0.1, 0.15) is 5.03 Å². The molecule has 17 heavy (non-hydrogen) atoms. The molecule has 0 saturated heterocycles. The Kier molecular flexibility index (Phi) is 5.41. The van der Waals surface area contributed by atoms with Gasteiger partial charge in [0.05, 0.1) is 6.42 Å². The lowest BCUT2D eigenvalue weighted by atomic mass is 10.4. The number of rotatable bonds is 6. The zero-order valence-corrected chi connectivity index (χ0v) is 10.2. The fourth-order valence-electron chi connectivity index (χ4n) is 1.01. The molecule has 0 bridgehead atoms. The van der Waals surface area contributed by atoms with Crippen LogP contribution in [-0.4, -0.2) is 39.5 Å². The van der Waals surface area contributed by atoms with Crippen LogP contribution in [0, 0.1) is 0 Å². The molecule has 0 fully saturated rings. The van der Waals surface area contributed by atoms with Gasteiger partial charge in [-0.05, 0) is 19.1 Å². The van der Waals surface area contributed by atoms with E-state index in [0.717, 1.165) is 0 Å². The molecular weight excluding hydrogens is 242 g/mol. The number of carbonyl (C=O) groups excluding carboxylic acids is 1. The highest BCUT2D eigenvalue weighted by Gasteiger charge is 2.07. The number of hydrogen-bond acceptors (Lipinski definition) is 5. The molecule has 1 aromatic heterocycles. The van der Waals surface area contributed by atoms with Crippen molar-refractivity contribution >= 4 is 23.6 Å². The van der Waals surface area contributed by atoms with Gasteiger partial charge in [0, 0.05) is 12.3 Å². The molecule has 1 amide bonds. The molecule has 0 unspecified atom stereocenters. The van der Waals surface area contributed by atoms with Gasteiger partial charge < -0.3 is 10.4 Å². The van der Waals surface area contributed by atoms with Crippen molar-refractivity contribution in [2.45, 2.75) is 18.4 Å². The van der Waals surface area contributed by atoms with Crippen LogP contribution in [0.15, 0.2) is 17.2 Å². The van der Waals surface area contributed by atoms with Crippen molar-refractivity contribution in [2.24, 2.45) is 0 Å². The first-order valence-electron chi connectivity index (χ1n) is 5.10. The van der Waals surface area contributed by atoms with Crippen molar-refractivity contribution in [1.82, 2.24) is 15.5 Å². The molecule has 0 radical (unpaired) electrons. The third-order valence-electron chi connectivity index (χ3n) is 1.78. The summed E-state index contributed by atoms with van der Waals surface area (Å²) in [5.41, 5.74) is 0.259. The Balaban J connectivity index is 2.50. The first kappa shape index (κ1) is 13.4. The summed E-state index contributed by atoms with van der Waals surface area (Å²) in [5, 5.41) is 19.3. The Hall–Kier alpha value is -1.63. The number of amides is 1. The lowest BCUT2D eigenvalue weighted by Gasteiger charge is -2.01. The van der Waals surface area contributed by atoms with Crippen LogP contribution in [0.25, 0.3) is 0 Å². The number of carboxylic acids is 1. The van der Waals surface area contributed by atoms with Gasteiger partial charge in [-0.25, -0.2) is 0 Å². The van der Waals surface area contributed by atoms with E-state index in [0.29, 0.717) is 17.3 Å². The molecule has 6 nitrogen and oxygen atoms in total. The Bertz CT molecular complexity index is 394. The summed E-state index contributed by atoms with van der Waals surface area (Å²) < 4.78 is 0. The van der Waals surface area contributed by atoms with Crippen molar-refractivity contribution in [1.29, 1.82) is 0 Å². The topological polar surface area (TPSA) is 92.2 Å². The lowest BCUT2D eigenvalue weighted by molar-refractivity contribution is -0.136. The van der Waals surface area contributed by atoms with Gasteiger partial charge in [0.2, 0.25) is 0 Å². The van der Waals surface area contributed by atoms with E-state index in [1.54, 1.807) is 12.1 Å². The summed E-state index contributed by atoms with van der Waals surface area (Å²) in [7, 11) is 0. The first-order valence-corrected chi connectivity index (χ1v) is 6.08. The Morgan fingerprint density at radius 3 is 2.71 bits per heavy atom. The molecular formula is C10H13N3O3S. The maximum atomic E-state index is 11.4. The number of nitrogens with zero attached hydrogens (tertiary/aromatic N) is 2. The van der Waals surface area contributed by atoms with Gasteiger partial charge in [0.25, 0.3) is 5.91 Å². The smallest absolute Gasteiger partial charge is 0.304 e. The van der Waals surface area contributed by atoms with Crippen LogP contribution in [0.3, 0.4) is 0 Å². The monoisotopic (exact) mass is 255 g/mol. The van der Waals surface area contributed by atoms with Gasteiger partial charge in [-0.1, -0.05) is 0 Å². The van der Waals surface area contributed by atoms with E-state index in [1.165, 1.54) is 11.8 Å². The summed E-state index contributed by atoms with van der Waals surface area (Å²) in [6, 6.07) is 3.23. The third-order valence-corrected chi connectivity index (χ3v) is 2.70. The molecule has 0 spiro atoms. The first-order chi connectivity index (χ1) is 8.13. The largest absolute Gasteiger partial charge is 0.481 e. The standard InChI is InChI=1S/C10H13N3O3S/c1-2-11-10(16)7-3-4-8(13-12-7)17-6-5-9(14)15/h3-4H,2,5-6H2,1H3,(H,11,16)(H,14,15). The maximum Gasteiger partial charge on any atom is 0.304 e. The van der Waals surface area contributed by atoms with E-state index >= 15 is 0 Å². The molecule has 0 atom stereocenters. The number of hydrogen-bond donors (Lipinski definition) is 2.